The second-order valence-electron chi connectivity index (χ2n) is 7.66. The number of carbonyl (C=O) groups excluding carboxylic acids is 4. The number of rotatable bonds is 8. The van der Waals surface area contributed by atoms with Crippen molar-refractivity contribution >= 4 is 40.1 Å². The molecular weight excluding hydrogens is 444 g/mol. The average molecular weight is 473 g/mol. The van der Waals surface area contributed by atoms with E-state index >= 15 is 0 Å². The summed E-state index contributed by atoms with van der Waals surface area (Å²) in [5.74, 6) is -1.82. The molecule has 0 saturated carbocycles. The predicted molar refractivity (Wildman–Crippen MR) is 125 cm³/mol. The first-order chi connectivity index (χ1) is 15.9. The molecule has 1 N–H and O–H groups in total. The van der Waals surface area contributed by atoms with Gasteiger partial charge in [-0.15, -0.1) is 11.3 Å². The number of nitrogens with one attached hydrogen (secondary N) is 1. The van der Waals surface area contributed by atoms with Crippen molar-refractivity contribution in [1.29, 1.82) is 0 Å². The molecule has 1 aromatic carbocycles. The lowest BCUT2D eigenvalue weighted by molar-refractivity contribution is -0.151. The molecule has 1 aliphatic heterocycles. The summed E-state index contributed by atoms with van der Waals surface area (Å²) in [6, 6.07) is 9.39. The van der Waals surface area contributed by atoms with E-state index in [0.29, 0.717) is 23.5 Å². The molecule has 1 aliphatic rings. The topological polar surface area (TPSA) is 102 Å². The van der Waals surface area contributed by atoms with Gasteiger partial charge in [-0.1, -0.05) is 36.8 Å². The highest BCUT2D eigenvalue weighted by Gasteiger charge is 2.26. The number of benzene rings is 1. The van der Waals surface area contributed by atoms with Gasteiger partial charge in [-0.2, -0.15) is 0 Å². The third kappa shape index (κ3) is 6.41. The monoisotopic (exact) mass is 472 g/mol. The Morgan fingerprint density at radius 2 is 1.85 bits per heavy atom. The van der Waals surface area contributed by atoms with Crippen LogP contribution in [-0.2, 0) is 23.9 Å². The van der Waals surface area contributed by atoms with E-state index in [1.54, 1.807) is 6.92 Å². The Balaban J connectivity index is 1.68. The van der Waals surface area contributed by atoms with Crippen molar-refractivity contribution < 1.29 is 28.7 Å². The molecule has 1 fully saturated rings. The van der Waals surface area contributed by atoms with Crippen molar-refractivity contribution in [1.82, 2.24) is 4.90 Å². The summed E-state index contributed by atoms with van der Waals surface area (Å²) in [4.78, 5) is 51.7. The Bertz CT molecular complexity index is 1020. The van der Waals surface area contributed by atoms with Crippen molar-refractivity contribution in [3.05, 3.63) is 40.8 Å². The number of hydrogen-bond donors (Lipinski definition) is 1. The van der Waals surface area contributed by atoms with E-state index in [-0.39, 0.29) is 24.6 Å². The fourth-order valence-electron chi connectivity index (χ4n) is 3.70. The van der Waals surface area contributed by atoms with Gasteiger partial charge >= 0.3 is 11.9 Å². The predicted octanol–water partition coefficient (Wildman–Crippen LogP) is 3.78. The van der Waals surface area contributed by atoms with Crippen molar-refractivity contribution in [3.8, 4) is 11.1 Å². The van der Waals surface area contributed by atoms with E-state index in [0.717, 1.165) is 29.7 Å². The zero-order chi connectivity index (χ0) is 23.8. The lowest BCUT2D eigenvalue weighted by atomic mass is 10.0. The minimum Gasteiger partial charge on any atom is -0.462 e. The second kappa shape index (κ2) is 11.6. The van der Waals surface area contributed by atoms with Gasteiger partial charge in [0.1, 0.15) is 17.1 Å². The number of nitrogens with zero attached hydrogens (tertiary/aromatic N) is 1. The number of hydrogen-bond acceptors (Lipinski definition) is 7. The molecule has 9 heteroatoms. The molecule has 2 amide bonds. The molecule has 8 nitrogen and oxygen atoms in total. The lowest BCUT2D eigenvalue weighted by Crippen LogP contribution is -2.36. The van der Waals surface area contributed by atoms with Crippen molar-refractivity contribution in [2.45, 2.75) is 39.5 Å². The summed E-state index contributed by atoms with van der Waals surface area (Å²) < 4.78 is 10.3. The van der Waals surface area contributed by atoms with Gasteiger partial charge < -0.3 is 19.7 Å². The summed E-state index contributed by atoms with van der Waals surface area (Å²) in [5.41, 5.74) is 1.81. The number of ether oxygens (including phenoxy) is 2. The minimum atomic E-state index is -0.640. The first-order valence-corrected chi connectivity index (χ1v) is 11.8. The molecule has 0 aliphatic carbocycles. The highest BCUT2D eigenvalue weighted by atomic mass is 32.1. The van der Waals surface area contributed by atoms with Crippen LogP contribution in [0.3, 0.4) is 0 Å². The van der Waals surface area contributed by atoms with Crippen LogP contribution in [0.5, 0.6) is 0 Å². The molecule has 176 valence electrons. The highest BCUT2D eigenvalue weighted by molar-refractivity contribution is 7.17. The smallest absolute Gasteiger partial charge is 0.341 e. The molecule has 2 aromatic rings. The van der Waals surface area contributed by atoms with Crippen LogP contribution in [0.1, 0.15) is 47.8 Å². The van der Waals surface area contributed by atoms with Gasteiger partial charge in [0.2, 0.25) is 5.91 Å². The molecule has 0 spiro atoms. The number of aryl methyl sites for hydroxylation is 1. The van der Waals surface area contributed by atoms with Gasteiger partial charge in [-0.3, -0.25) is 14.4 Å². The number of likely N-dealkylation sites (tertiary alicyclic amines) is 1. The van der Waals surface area contributed by atoms with E-state index in [9.17, 15) is 19.2 Å². The van der Waals surface area contributed by atoms with E-state index in [1.165, 1.54) is 16.2 Å². The van der Waals surface area contributed by atoms with Crippen molar-refractivity contribution in [2.24, 2.45) is 0 Å². The Morgan fingerprint density at radius 1 is 1.09 bits per heavy atom. The molecule has 0 radical (unpaired) electrons. The highest BCUT2D eigenvalue weighted by Crippen LogP contribution is 2.40. The quantitative estimate of drug-likeness (QED) is 0.587. The normalized spacial score (nSPS) is 13.9. The number of esters is 2. The van der Waals surface area contributed by atoms with Gasteiger partial charge in [0.05, 0.1) is 6.61 Å². The third-order valence-corrected chi connectivity index (χ3v) is 6.26. The third-order valence-electron chi connectivity index (χ3n) is 5.23. The summed E-state index contributed by atoms with van der Waals surface area (Å²) in [6.07, 6.45) is 3.04. The average Bonchev–Trinajstić information content (AvgIpc) is 2.98. The summed E-state index contributed by atoms with van der Waals surface area (Å²) >= 11 is 1.26. The maximum Gasteiger partial charge on any atom is 0.341 e. The summed E-state index contributed by atoms with van der Waals surface area (Å²) in [7, 11) is 0. The Hall–Kier alpha value is -3.20. The molecule has 33 heavy (non-hydrogen) atoms. The van der Waals surface area contributed by atoms with Crippen LogP contribution in [0.4, 0.5) is 5.00 Å². The first-order valence-electron chi connectivity index (χ1n) is 11.0. The number of carbonyl (C=O) groups is 4. The van der Waals surface area contributed by atoms with Gasteiger partial charge in [-0.25, -0.2) is 4.79 Å². The van der Waals surface area contributed by atoms with Crippen LogP contribution in [0.15, 0.2) is 30.3 Å². The fraction of sp³-hybridized carbons (Fsp3) is 0.417. The van der Waals surface area contributed by atoms with Crippen LogP contribution in [-0.4, -0.2) is 55.0 Å². The van der Waals surface area contributed by atoms with Crippen LogP contribution in [0.2, 0.25) is 0 Å². The Labute approximate surface area is 196 Å². The minimum absolute atomic E-state index is 0.0736. The van der Waals surface area contributed by atoms with Gasteiger partial charge in [0.15, 0.2) is 6.61 Å². The van der Waals surface area contributed by atoms with E-state index in [2.05, 4.69) is 5.32 Å². The lowest BCUT2D eigenvalue weighted by Gasteiger charge is -2.19. The van der Waals surface area contributed by atoms with Crippen molar-refractivity contribution in [3.63, 3.8) is 0 Å². The van der Waals surface area contributed by atoms with Crippen LogP contribution in [0.25, 0.3) is 11.1 Å². The van der Waals surface area contributed by atoms with Gasteiger partial charge in [0, 0.05) is 23.4 Å². The zero-order valence-corrected chi connectivity index (χ0v) is 19.7. The molecule has 2 heterocycles. The van der Waals surface area contributed by atoms with E-state index in [4.69, 9.17) is 9.47 Å². The van der Waals surface area contributed by atoms with E-state index < -0.39 is 24.5 Å². The number of amides is 2. The van der Waals surface area contributed by atoms with Crippen LogP contribution < -0.4 is 5.32 Å². The number of thiophene rings is 1. The molecule has 0 atom stereocenters. The standard InChI is InChI=1S/C24H28N2O6S/c1-3-31-24(30)22-21(17-10-6-4-7-11-17)16(2)33-23(22)25-18(27)15-32-20(29)14-26-13-9-5-8-12-19(26)28/h4,6-7,10-11H,3,5,8-9,12-15H2,1-2H3,(H,25,27). The molecule has 0 unspecified atom stereocenters. The first kappa shape index (κ1) is 24.4. The second-order valence-corrected chi connectivity index (χ2v) is 8.88. The maximum absolute atomic E-state index is 12.7. The Morgan fingerprint density at radius 3 is 2.58 bits per heavy atom. The van der Waals surface area contributed by atoms with Crippen molar-refractivity contribution in [2.75, 3.05) is 31.6 Å². The zero-order valence-electron chi connectivity index (χ0n) is 18.8. The summed E-state index contributed by atoms with van der Waals surface area (Å²) in [5, 5.41) is 3.02. The maximum atomic E-state index is 12.7. The Kier molecular flexibility index (Phi) is 8.59. The summed E-state index contributed by atoms with van der Waals surface area (Å²) in [6.45, 7) is 3.61. The molecule has 1 aromatic heterocycles. The molecule has 1 saturated heterocycles. The van der Waals surface area contributed by atoms with Gasteiger partial charge in [-0.05, 0) is 32.3 Å². The fourth-order valence-corrected chi connectivity index (χ4v) is 4.78. The number of anilines is 1. The molecule has 0 bridgehead atoms. The van der Waals surface area contributed by atoms with Gasteiger partial charge in [0.25, 0.3) is 5.91 Å². The molecular formula is C24H28N2O6S. The van der Waals surface area contributed by atoms with Crippen LogP contribution in [0, 0.1) is 6.92 Å². The molecule has 3 rings (SSSR count). The van der Waals surface area contributed by atoms with Crippen LogP contribution >= 0.6 is 11.3 Å². The van der Waals surface area contributed by atoms with E-state index in [1.807, 2.05) is 37.3 Å². The SMILES string of the molecule is CCOC(=O)c1c(NC(=O)COC(=O)CN2CCCCCC2=O)sc(C)c1-c1ccccc1. The largest absolute Gasteiger partial charge is 0.462 e.